The predicted octanol–water partition coefficient (Wildman–Crippen LogP) is 2.26. The Labute approximate surface area is 112 Å². The molecule has 0 radical (unpaired) electrons. The van der Waals surface area contributed by atoms with Crippen LogP contribution in [-0.2, 0) is 6.61 Å². The Balaban J connectivity index is 2.04. The third-order valence-electron chi connectivity index (χ3n) is 2.80. The van der Waals surface area contributed by atoms with Gasteiger partial charge in [0.1, 0.15) is 12.4 Å². The number of aryl methyl sites for hydroxylation is 1. The van der Waals surface area contributed by atoms with E-state index in [0.29, 0.717) is 23.6 Å². The number of ether oxygens (including phenoxy) is 1. The molecular formula is C15H16N2O2. The minimum absolute atomic E-state index is 0.395. The Morgan fingerprint density at radius 3 is 2.42 bits per heavy atom. The average molecular weight is 256 g/mol. The summed E-state index contributed by atoms with van der Waals surface area (Å²) in [7, 11) is 0. The molecule has 2 aromatic rings. The minimum atomic E-state index is -0.435. The number of hydrogen-bond donors (Lipinski definition) is 2. The zero-order valence-corrected chi connectivity index (χ0v) is 10.7. The summed E-state index contributed by atoms with van der Waals surface area (Å²) in [5.74, 6) is 0.222. The third kappa shape index (κ3) is 3.25. The second-order valence-electron chi connectivity index (χ2n) is 4.39. The van der Waals surface area contributed by atoms with E-state index in [-0.39, 0.29) is 0 Å². The predicted molar refractivity (Wildman–Crippen MR) is 74.9 cm³/mol. The maximum atomic E-state index is 10.9. The maximum Gasteiger partial charge on any atom is 0.248 e. The van der Waals surface area contributed by atoms with Crippen LogP contribution in [0.2, 0.25) is 0 Å². The number of carbonyl (C=O) groups excluding carboxylic acids is 1. The van der Waals surface area contributed by atoms with Gasteiger partial charge in [0.15, 0.2) is 0 Å². The van der Waals surface area contributed by atoms with Crippen LogP contribution in [0.15, 0.2) is 42.5 Å². The molecule has 0 saturated carbocycles. The van der Waals surface area contributed by atoms with Crippen molar-refractivity contribution in [2.24, 2.45) is 5.73 Å². The van der Waals surface area contributed by atoms with Gasteiger partial charge in [-0.1, -0.05) is 18.2 Å². The standard InChI is InChI=1S/C15H16N2O2/c1-10-2-7-14(13(16)8-10)19-9-11-3-5-12(6-4-11)15(17)18/h2-8H,9,16H2,1H3,(H2,17,18). The summed E-state index contributed by atoms with van der Waals surface area (Å²) in [5, 5.41) is 0. The Hall–Kier alpha value is -2.49. The molecule has 4 N–H and O–H groups in total. The lowest BCUT2D eigenvalue weighted by atomic mass is 10.1. The summed E-state index contributed by atoms with van der Waals surface area (Å²) in [6, 6.07) is 12.6. The molecule has 2 aromatic carbocycles. The highest BCUT2D eigenvalue weighted by Crippen LogP contribution is 2.23. The molecule has 0 bridgehead atoms. The molecule has 0 aliphatic rings. The van der Waals surface area contributed by atoms with Crippen LogP contribution in [-0.4, -0.2) is 5.91 Å². The fraction of sp³-hybridized carbons (Fsp3) is 0.133. The highest BCUT2D eigenvalue weighted by molar-refractivity contribution is 5.92. The molecule has 0 fully saturated rings. The second kappa shape index (κ2) is 5.44. The van der Waals surface area contributed by atoms with Gasteiger partial charge in [0.05, 0.1) is 5.69 Å². The molecule has 1 amide bonds. The van der Waals surface area contributed by atoms with E-state index in [9.17, 15) is 4.79 Å². The Morgan fingerprint density at radius 2 is 1.84 bits per heavy atom. The van der Waals surface area contributed by atoms with Crippen LogP contribution >= 0.6 is 0 Å². The minimum Gasteiger partial charge on any atom is -0.487 e. The van der Waals surface area contributed by atoms with Crippen molar-refractivity contribution in [2.45, 2.75) is 13.5 Å². The molecule has 4 nitrogen and oxygen atoms in total. The summed E-state index contributed by atoms with van der Waals surface area (Å²) < 4.78 is 5.64. The highest BCUT2D eigenvalue weighted by Gasteiger charge is 2.03. The molecule has 2 rings (SSSR count). The van der Waals surface area contributed by atoms with E-state index in [4.69, 9.17) is 16.2 Å². The van der Waals surface area contributed by atoms with Gasteiger partial charge in [-0.3, -0.25) is 4.79 Å². The number of carbonyl (C=O) groups is 1. The molecule has 0 atom stereocenters. The number of primary amides is 1. The lowest BCUT2D eigenvalue weighted by Crippen LogP contribution is -2.10. The SMILES string of the molecule is Cc1ccc(OCc2ccc(C(N)=O)cc2)c(N)c1. The van der Waals surface area contributed by atoms with Crippen LogP contribution in [0.1, 0.15) is 21.5 Å². The quantitative estimate of drug-likeness (QED) is 0.823. The number of benzene rings is 2. The van der Waals surface area contributed by atoms with E-state index in [1.54, 1.807) is 12.1 Å². The molecule has 4 heteroatoms. The maximum absolute atomic E-state index is 10.9. The molecular weight excluding hydrogens is 240 g/mol. The van der Waals surface area contributed by atoms with Crippen molar-refractivity contribution in [3.05, 3.63) is 59.2 Å². The van der Waals surface area contributed by atoms with Crippen molar-refractivity contribution in [2.75, 3.05) is 5.73 Å². The van der Waals surface area contributed by atoms with Gasteiger partial charge in [-0.15, -0.1) is 0 Å². The smallest absolute Gasteiger partial charge is 0.248 e. The fourth-order valence-corrected chi connectivity index (χ4v) is 1.73. The number of anilines is 1. The van der Waals surface area contributed by atoms with Gasteiger partial charge in [-0.25, -0.2) is 0 Å². The van der Waals surface area contributed by atoms with Gasteiger partial charge in [0, 0.05) is 5.56 Å². The van der Waals surface area contributed by atoms with Crippen molar-refractivity contribution >= 4 is 11.6 Å². The highest BCUT2D eigenvalue weighted by atomic mass is 16.5. The van der Waals surface area contributed by atoms with Crippen molar-refractivity contribution < 1.29 is 9.53 Å². The van der Waals surface area contributed by atoms with Crippen LogP contribution in [0.25, 0.3) is 0 Å². The summed E-state index contributed by atoms with van der Waals surface area (Å²) in [5.41, 5.74) is 14.2. The van der Waals surface area contributed by atoms with E-state index in [0.717, 1.165) is 11.1 Å². The van der Waals surface area contributed by atoms with E-state index < -0.39 is 5.91 Å². The molecule has 0 aliphatic carbocycles. The van der Waals surface area contributed by atoms with Crippen LogP contribution < -0.4 is 16.2 Å². The van der Waals surface area contributed by atoms with E-state index in [1.807, 2.05) is 37.3 Å². The van der Waals surface area contributed by atoms with Crippen molar-refractivity contribution in [1.29, 1.82) is 0 Å². The Morgan fingerprint density at radius 1 is 1.16 bits per heavy atom. The number of nitrogen functional groups attached to an aromatic ring is 1. The van der Waals surface area contributed by atoms with Gasteiger partial charge in [-0.2, -0.15) is 0 Å². The van der Waals surface area contributed by atoms with Crippen LogP contribution in [0.4, 0.5) is 5.69 Å². The summed E-state index contributed by atoms with van der Waals surface area (Å²) in [6.45, 7) is 2.37. The summed E-state index contributed by atoms with van der Waals surface area (Å²) in [6.07, 6.45) is 0. The van der Waals surface area contributed by atoms with Gasteiger partial charge in [0.25, 0.3) is 0 Å². The van der Waals surface area contributed by atoms with E-state index in [1.165, 1.54) is 0 Å². The fourth-order valence-electron chi connectivity index (χ4n) is 1.73. The van der Waals surface area contributed by atoms with Gasteiger partial charge in [0.2, 0.25) is 5.91 Å². The first-order valence-electron chi connectivity index (χ1n) is 5.94. The van der Waals surface area contributed by atoms with Crippen LogP contribution in [0.3, 0.4) is 0 Å². The average Bonchev–Trinajstić information content (AvgIpc) is 2.38. The zero-order valence-electron chi connectivity index (χ0n) is 10.7. The van der Waals surface area contributed by atoms with Crippen LogP contribution in [0, 0.1) is 6.92 Å². The molecule has 0 aromatic heterocycles. The largest absolute Gasteiger partial charge is 0.487 e. The van der Waals surface area contributed by atoms with Crippen LogP contribution in [0.5, 0.6) is 5.75 Å². The molecule has 0 aliphatic heterocycles. The number of nitrogens with two attached hydrogens (primary N) is 2. The molecule has 0 unspecified atom stereocenters. The first-order valence-corrected chi connectivity index (χ1v) is 5.94. The van der Waals surface area contributed by atoms with E-state index >= 15 is 0 Å². The molecule has 0 saturated heterocycles. The normalized spacial score (nSPS) is 10.2. The van der Waals surface area contributed by atoms with Gasteiger partial charge in [-0.05, 0) is 42.3 Å². The first kappa shape index (κ1) is 13.0. The van der Waals surface area contributed by atoms with Gasteiger partial charge >= 0.3 is 0 Å². The summed E-state index contributed by atoms with van der Waals surface area (Å²) in [4.78, 5) is 10.9. The van der Waals surface area contributed by atoms with Crippen molar-refractivity contribution in [3.63, 3.8) is 0 Å². The first-order chi connectivity index (χ1) is 9.06. The third-order valence-corrected chi connectivity index (χ3v) is 2.80. The van der Waals surface area contributed by atoms with Crippen molar-refractivity contribution in [1.82, 2.24) is 0 Å². The lowest BCUT2D eigenvalue weighted by molar-refractivity contribution is 0.1000. The zero-order chi connectivity index (χ0) is 13.8. The second-order valence-corrected chi connectivity index (χ2v) is 4.39. The number of hydrogen-bond acceptors (Lipinski definition) is 3. The summed E-state index contributed by atoms with van der Waals surface area (Å²) >= 11 is 0. The molecule has 0 heterocycles. The number of rotatable bonds is 4. The molecule has 98 valence electrons. The monoisotopic (exact) mass is 256 g/mol. The van der Waals surface area contributed by atoms with Gasteiger partial charge < -0.3 is 16.2 Å². The number of amides is 1. The topological polar surface area (TPSA) is 78.3 Å². The Kier molecular flexibility index (Phi) is 3.71. The van der Waals surface area contributed by atoms with Crippen molar-refractivity contribution in [3.8, 4) is 5.75 Å². The lowest BCUT2D eigenvalue weighted by Gasteiger charge is -2.09. The molecule has 19 heavy (non-hydrogen) atoms. The van der Waals surface area contributed by atoms with E-state index in [2.05, 4.69) is 0 Å². The Bertz CT molecular complexity index is 592. The molecule has 0 spiro atoms.